The molecular weight excluding hydrogens is 280 g/mol. The van der Waals surface area contributed by atoms with Gasteiger partial charge in [-0.1, -0.05) is 24.3 Å². The van der Waals surface area contributed by atoms with Crippen molar-refractivity contribution in [1.82, 2.24) is 9.97 Å². The molecule has 2 aromatic rings. The molecule has 1 aliphatic carbocycles. The summed E-state index contributed by atoms with van der Waals surface area (Å²) < 4.78 is 0. The molecule has 0 saturated carbocycles. The molecular formula is C16H16N4O2. The number of aromatic amines is 1. The Bertz CT molecular complexity index is 822. The van der Waals surface area contributed by atoms with Gasteiger partial charge in [0, 0.05) is 11.6 Å². The quantitative estimate of drug-likeness (QED) is 0.795. The van der Waals surface area contributed by atoms with Crippen molar-refractivity contribution in [3.63, 3.8) is 0 Å². The van der Waals surface area contributed by atoms with Gasteiger partial charge in [0.25, 0.3) is 5.56 Å². The average molecular weight is 296 g/mol. The van der Waals surface area contributed by atoms with Crippen molar-refractivity contribution in [3.05, 3.63) is 59.2 Å². The van der Waals surface area contributed by atoms with E-state index in [4.69, 9.17) is 5.73 Å². The number of H-pyrrole nitrogens is 1. The third-order valence-electron chi connectivity index (χ3n) is 3.69. The van der Waals surface area contributed by atoms with Crippen LogP contribution in [0.4, 0.5) is 5.69 Å². The van der Waals surface area contributed by atoms with E-state index in [2.05, 4.69) is 15.3 Å². The Morgan fingerprint density at radius 3 is 3.05 bits per heavy atom. The normalized spacial score (nSPS) is 18.3. The highest BCUT2D eigenvalue weighted by Gasteiger charge is 2.22. The molecule has 3 rings (SSSR count). The Hall–Kier alpha value is -2.73. The number of nitrogens with zero attached hydrogens (tertiary/aromatic N) is 1. The van der Waals surface area contributed by atoms with Crippen molar-refractivity contribution in [2.75, 3.05) is 5.32 Å². The maximum absolute atomic E-state index is 12.2. The number of hydrogen-bond donors (Lipinski definition) is 3. The lowest BCUT2D eigenvalue weighted by molar-refractivity contribution is -0.118. The van der Waals surface area contributed by atoms with E-state index in [1.54, 1.807) is 18.2 Å². The first-order valence-electron chi connectivity index (χ1n) is 7.02. The number of hydrogen-bond acceptors (Lipinski definition) is 4. The van der Waals surface area contributed by atoms with Crippen molar-refractivity contribution in [3.8, 4) is 0 Å². The molecule has 0 saturated heterocycles. The van der Waals surface area contributed by atoms with Crippen molar-refractivity contribution < 1.29 is 4.79 Å². The lowest BCUT2D eigenvalue weighted by Crippen LogP contribution is -2.41. The Morgan fingerprint density at radius 2 is 2.27 bits per heavy atom. The van der Waals surface area contributed by atoms with E-state index in [-0.39, 0.29) is 17.4 Å². The first kappa shape index (κ1) is 14.2. The minimum absolute atomic E-state index is 0.00794. The molecule has 0 spiro atoms. The number of carbonyl (C=O) groups is 1. The van der Waals surface area contributed by atoms with Crippen molar-refractivity contribution >= 4 is 22.5 Å². The summed E-state index contributed by atoms with van der Waals surface area (Å²) in [6, 6.07) is 4.33. The van der Waals surface area contributed by atoms with E-state index < -0.39 is 6.04 Å². The van der Waals surface area contributed by atoms with Gasteiger partial charge >= 0.3 is 0 Å². The maximum atomic E-state index is 12.2. The predicted molar refractivity (Wildman–Crippen MR) is 85.4 cm³/mol. The lowest BCUT2D eigenvalue weighted by Gasteiger charge is -2.20. The highest BCUT2D eigenvalue weighted by Crippen LogP contribution is 2.18. The Kier molecular flexibility index (Phi) is 3.84. The van der Waals surface area contributed by atoms with Crippen LogP contribution in [0.5, 0.6) is 0 Å². The second kappa shape index (κ2) is 5.95. The van der Waals surface area contributed by atoms with Crippen LogP contribution in [-0.4, -0.2) is 21.9 Å². The number of rotatable bonds is 3. The van der Waals surface area contributed by atoms with Crippen LogP contribution in [0.3, 0.4) is 0 Å². The number of allylic oxidation sites excluding steroid dienone is 3. The smallest absolute Gasteiger partial charge is 0.258 e. The number of anilines is 1. The van der Waals surface area contributed by atoms with E-state index in [0.29, 0.717) is 16.6 Å². The number of fused-ring (bicyclic) bond motifs is 1. The average Bonchev–Trinajstić information content (AvgIpc) is 2.55. The van der Waals surface area contributed by atoms with Crippen LogP contribution in [0, 0.1) is 5.92 Å². The SMILES string of the molecule is N[C@@H](C(=O)Nc1ccc2c(=O)[nH]cnc2c1)C1C=CC=CC1. The largest absolute Gasteiger partial charge is 0.325 e. The zero-order chi connectivity index (χ0) is 15.5. The summed E-state index contributed by atoms with van der Waals surface area (Å²) in [4.78, 5) is 30.4. The lowest BCUT2D eigenvalue weighted by atomic mass is 9.93. The van der Waals surface area contributed by atoms with Crippen LogP contribution in [0.25, 0.3) is 10.9 Å². The number of nitrogens with one attached hydrogen (secondary N) is 2. The third kappa shape index (κ3) is 2.82. The van der Waals surface area contributed by atoms with Gasteiger partial charge in [-0.15, -0.1) is 0 Å². The van der Waals surface area contributed by atoms with Crippen LogP contribution in [0.15, 0.2) is 53.6 Å². The molecule has 112 valence electrons. The summed E-state index contributed by atoms with van der Waals surface area (Å²) in [6.45, 7) is 0. The monoisotopic (exact) mass is 296 g/mol. The Balaban J connectivity index is 1.77. The molecule has 0 radical (unpaired) electrons. The van der Waals surface area contributed by atoms with Gasteiger partial charge in [0.1, 0.15) is 0 Å². The Morgan fingerprint density at radius 1 is 1.41 bits per heavy atom. The van der Waals surface area contributed by atoms with Crippen molar-refractivity contribution in [2.24, 2.45) is 11.7 Å². The molecule has 1 unspecified atom stereocenters. The minimum atomic E-state index is -0.621. The number of benzene rings is 1. The minimum Gasteiger partial charge on any atom is -0.325 e. The van der Waals surface area contributed by atoms with Gasteiger partial charge < -0.3 is 16.0 Å². The highest BCUT2D eigenvalue weighted by atomic mass is 16.2. The number of amides is 1. The topological polar surface area (TPSA) is 101 Å². The van der Waals surface area contributed by atoms with Gasteiger partial charge in [-0.3, -0.25) is 9.59 Å². The molecule has 0 fully saturated rings. The molecule has 2 atom stereocenters. The van der Waals surface area contributed by atoms with Crippen LogP contribution in [0.1, 0.15) is 6.42 Å². The molecule has 6 heteroatoms. The van der Waals surface area contributed by atoms with E-state index in [1.165, 1.54) is 6.33 Å². The maximum Gasteiger partial charge on any atom is 0.258 e. The fourth-order valence-corrected chi connectivity index (χ4v) is 2.43. The summed E-state index contributed by atoms with van der Waals surface area (Å²) in [7, 11) is 0. The summed E-state index contributed by atoms with van der Waals surface area (Å²) in [6.07, 6.45) is 9.85. The van der Waals surface area contributed by atoms with Crippen LogP contribution in [0.2, 0.25) is 0 Å². The van der Waals surface area contributed by atoms with Crippen LogP contribution < -0.4 is 16.6 Å². The molecule has 1 aromatic heterocycles. The summed E-state index contributed by atoms with van der Waals surface area (Å²) >= 11 is 0. The van der Waals surface area contributed by atoms with Gasteiger partial charge in [0.05, 0.1) is 23.3 Å². The van der Waals surface area contributed by atoms with Gasteiger partial charge in [-0.25, -0.2) is 4.98 Å². The molecule has 1 aliphatic rings. The number of nitrogens with two attached hydrogens (primary N) is 1. The molecule has 0 aliphatic heterocycles. The van der Waals surface area contributed by atoms with E-state index in [1.807, 2.05) is 24.3 Å². The van der Waals surface area contributed by atoms with E-state index in [9.17, 15) is 9.59 Å². The van der Waals surface area contributed by atoms with Crippen molar-refractivity contribution in [2.45, 2.75) is 12.5 Å². The molecule has 4 N–H and O–H groups in total. The van der Waals surface area contributed by atoms with Crippen LogP contribution >= 0.6 is 0 Å². The first-order valence-corrected chi connectivity index (χ1v) is 7.02. The fraction of sp³-hybridized carbons (Fsp3) is 0.188. The molecule has 1 heterocycles. The second-order valence-corrected chi connectivity index (χ2v) is 5.19. The zero-order valence-corrected chi connectivity index (χ0v) is 11.8. The standard InChI is InChI=1S/C16H16N4O2/c17-14(10-4-2-1-3-5-10)16(22)20-11-6-7-12-13(8-11)18-9-19-15(12)21/h1-4,6-10,14H,5,17H2,(H,20,22)(H,18,19,21)/t10?,14-/m1/s1. The number of carbonyl (C=O) groups excluding carboxylic acids is 1. The van der Waals surface area contributed by atoms with Gasteiger partial charge in [0.15, 0.2) is 0 Å². The van der Waals surface area contributed by atoms with Crippen LogP contribution in [-0.2, 0) is 4.79 Å². The van der Waals surface area contributed by atoms with Gasteiger partial charge in [-0.05, 0) is 24.6 Å². The first-order chi connectivity index (χ1) is 10.6. The Labute approximate surface area is 126 Å². The zero-order valence-electron chi connectivity index (χ0n) is 11.8. The van der Waals surface area contributed by atoms with E-state index >= 15 is 0 Å². The summed E-state index contributed by atoms with van der Waals surface area (Å²) in [5.74, 6) is -0.263. The van der Waals surface area contributed by atoms with Crippen molar-refractivity contribution in [1.29, 1.82) is 0 Å². The van der Waals surface area contributed by atoms with Gasteiger partial charge in [0.2, 0.25) is 5.91 Å². The predicted octanol–water partition coefficient (Wildman–Crippen LogP) is 1.32. The second-order valence-electron chi connectivity index (χ2n) is 5.19. The molecule has 1 aromatic carbocycles. The third-order valence-corrected chi connectivity index (χ3v) is 3.69. The molecule has 6 nitrogen and oxygen atoms in total. The highest BCUT2D eigenvalue weighted by molar-refractivity contribution is 5.96. The summed E-state index contributed by atoms with van der Waals surface area (Å²) in [5.41, 5.74) is 6.89. The molecule has 22 heavy (non-hydrogen) atoms. The number of aromatic nitrogens is 2. The van der Waals surface area contributed by atoms with Gasteiger partial charge in [-0.2, -0.15) is 0 Å². The summed E-state index contributed by atoms with van der Waals surface area (Å²) in [5, 5.41) is 3.25. The molecule has 0 bridgehead atoms. The fourth-order valence-electron chi connectivity index (χ4n) is 2.43. The van der Waals surface area contributed by atoms with E-state index in [0.717, 1.165) is 6.42 Å². The molecule has 1 amide bonds.